The van der Waals surface area contributed by atoms with E-state index >= 15 is 0 Å². The summed E-state index contributed by atoms with van der Waals surface area (Å²) in [4.78, 5) is 0. The summed E-state index contributed by atoms with van der Waals surface area (Å²) in [5, 5.41) is 3.23. The zero-order valence-electron chi connectivity index (χ0n) is 8.89. The average molecular weight is 276 g/mol. The normalized spacial score (nSPS) is 12.5. The van der Waals surface area contributed by atoms with Gasteiger partial charge in [-0.3, -0.25) is 0 Å². The van der Waals surface area contributed by atoms with Crippen molar-refractivity contribution in [1.29, 1.82) is 0 Å². The van der Waals surface area contributed by atoms with Crippen molar-refractivity contribution >= 4 is 21.6 Å². The zero-order valence-corrected chi connectivity index (χ0v) is 10.5. The van der Waals surface area contributed by atoms with Crippen LogP contribution in [0.3, 0.4) is 0 Å². The first kappa shape index (κ1) is 12.5. The molecule has 0 aliphatic carbocycles. The number of hydrogen-bond donors (Lipinski definition) is 1. The highest BCUT2D eigenvalue weighted by atomic mass is 79.9. The van der Waals surface area contributed by atoms with Crippen LogP contribution < -0.4 is 5.32 Å². The summed E-state index contributed by atoms with van der Waals surface area (Å²) in [7, 11) is 0. The van der Waals surface area contributed by atoms with Gasteiger partial charge in [-0.15, -0.1) is 0 Å². The molecule has 0 aliphatic rings. The highest BCUT2D eigenvalue weighted by Crippen LogP contribution is 2.23. The molecule has 0 bridgehead atoms. The second-order valence-electron chi connectivity index (χ2n) is 3.33. The number of rotatable bonds is 5. The lowest BCUT2D eigenvalue weighted by Crippen LogP contribution is -2.21. The lowest BCUT2D eigenvalue weighted by atomic mass is 10.2. The van der Waals surface area contributed by atoms with E-state index in [9.17, 15) is 4.39 Å². The Morgan fingerprint density at radius 2 is 2.27 bits per heavy atom. The Hall–Kier alpha value is -0.610. The van der Waals surface area contributed by atoms with Crippen LogP contribution in [0.15, 0.2) is 22.7 Å². The van der Waals surface area contributed by atoms with Crippen LogP contribution in [0.2, 0.25) is 0 Å². The van der Waals surface area contributed by atoms with Gasteiger partial charge in [0.25, 0.3) is 0 Å². The molecule has 1 aromatic carbocycles. The number of benzene rings is 1. The lowest BCUT2D eigenvalue weighted by Gasteiger charge is -2.16. The minimum Gasteiger partial charge on any atom is -0.380 e. The SMILES string of the molecule is CCOCC(C)Nc1ccc(F)cc1Br. The van der Waals surface area contributed by atoms with Crippen LogP contribution in [0.25, 0.3) is 0 Å². The molecular formula is C11H15BrFNO. The summed E-state index contributed by atoms with van der Waals surface area (Å²) in [6, 6.07) is 4.78. The second-order valence-corrected chi connectivity index (χ2v) is 4.18. The lowest BCUT2D eigenvalue weighted by molar-refractivity contribution is 0.141. The van der Waals surface area contributed by atoms with E-state index in [4.69, 9.17) is 4.74 Å². The topological polar surface area (TPSA) is 21.3 Å². The van der Waals surface area contributed by atoms with Gasteiger partial charge in [0.2, 0.25) is 0 Å². The van der Waals surface area contributed by atoms with Crippen molar-refractivity contribution in [2.75, 3.05) is 18.5 Å². The molecule has 15 heavy (non-hydrogen) atoms. The van der Waals surface area contributed by atoms with Gasteiger partial charge in [0.05, 0.1) is 6.61 Å². The zero-order chi connectivity index (χ0) is 11.3. The minimum atomic E-state index is -0.245. The molecule has 0 aliphatic heterocycles. The van der Waals surface area contributed by atoms with Gasteiger partial charge < -0.3 is 10.1 Å². The van der Waals surface area contributed by atoms with Gasteiger partial charge in [0.15, 0.2) is 0 Å². The summed E-state index contributed by atoms with van der Waals surface area (Å²) in [6.45, 7) is 5.32. The number of anilines is 1. The molecule has 0 heterocycles. The summed E-state index contributed by atoms with van der Waals surface area (Å²) in [6.07, 6.45) is 0. The Labute approximate surface area is 98.0 Å². The van der Waals surface area contributed by atoms with Crippen molar-refractivity contribution in [2.24, 2.45) is 0 Å². The Morgan fingerprint density at radius 1 is 1.53 bits per heavy atom. The van der Waals surface area contributed by atoms with Crippen molar-refractivity contribution in [3.05, 3.63) is 28.5 Å². The van der Waals surface area contributed by atoms with Crippen molar-refractivity contribution in [3.8, 4) is 0 Å². The minimum absolute atomic E-state index is 0.201. The van der Waals surface area contributed by atoms with E-state index in [1.165, 1.54) is 12.1 Å². The molecule has 0 saturated heterocycles. The van der Waals surface area contributed by atoms with Crippen LogP contribution in [0.1, 0.15) is 13.8 Å². The van der Waals surface area contributed by atoms with E-state index in [0.717, 1.165) is 10.2 Å². The highest BCUT2D eigenvalue weighted by molar-refractivity contribution is 9.10. The van der Waals surface area contributed by atoms with Crippen LogP contribution >= 0.6 is 15.9 Å². The van der Waals surface area contributed by atoms with Crippen molar-refractivity contribution in [1.82, 2.24) is 0 Å². The van der Waals surface area contributed by atoms with Gasteiger partial charge in [-0.2, -0.15) is 0 Å². The molecule has 4 heteroatoms. The van der Waals surface area contributed by atoms with Crippen molar-refractivity contribution in [2.45, 2.75) is 19.9 Å². The van der Waals surface area contributed by atoms with Crippen LogP contribution in [0.4, 0.5) is 10.1 Å². The fraction of sp³-hybridized carbons (Fsp3) is 0.455. The molecule has 0 aromatic heterocycles. The van der Waals surface area contributed by atoms with E-state index < -0.39 is 0 Å². The van der Waals surface area contributed by atoms with E-state index in [0.29, 0.717) is 13.2 Å². The second kappa shape index (κ2) is 6.08. The molecule has 0 fully saturated rings. The van der Waals surface area contributed by atoms with Gasteiger partial charge in [-0.05, 0) is 48.0 Å². The molecular weight excluding hydrogens is 261 g/mol. The van der Waals surface area contributed by atoms with Crippen LogP contribution in [0, 0.1) is 5.82 Å². The molecule has 0 amide bonds. The first-order valence-electron chi connectivity index (χ1n) is 4.92. The van der Waals surface area contributed by atoms with Gasteiger partial charge in [-0.1, -0.05) is 0 Å². The Morgan fingerprint density at radius 3 is 2.87 bits per heavy atom. The number of ether oxygens (including phenoxy) is 1. The molecule has 2 nitrogen and oxygen atoms in total. The van der Waals surface area contributed by atoms with Crippen molar-refractivity contribution in [3.63, 3.8) is 0 Å². The predicted molar refractivity (Wildman–Crippen MR) is 63.7 cm³/mol. The van der Waals surface area contributed by atoms with E-state index in [1.807, 2.05) is 13.8 Å². The first-order chi connectivity index (χ1) is 7.13. The number of hydrogen-bond acceptors (Lipinski definition) is 2. The largest absolute Gasteiger partial charge is 0.380 e. The maximum atomic E-state index is 12.8. The molecule has 0 radical (unpaired) electrons. The van der Waals surface area contributed by atoms with Gasteiger partial charge in [0.1, 0.15) is 5.82 Å². The van der Waals surface area contributed by atoms with E-state index in [-0.39, 0.29) is 11.9 Å². The van der Waals surface area contributed by atoms with E-state index in [2.05, 4.69) is 21.2 Å². The number of halogens is 2. The average Bonchev–Trinajstić information content (AvgIpc) is 2.19. The fourth-order valence-electron chi connectivity index (χ4n) is 1.21. The third-order valence-electron chi connectivity index (χ3n) is 1.91. The molecule has 1 aromatic rings. The fourth-order valence-corrected chi connectivity index (χ4v) is 1.67. The predicted octanol–water partition coefficient (Wildman–Crippen LogP) is 3.43. The summed E-state index contributed by atoms with van der Waals surface area (Å²) >= 11 is 3.30. The quantitative estimate of drug-likeness (QED) is 0.889. The van der Waals surface area contributed by atoms with Crippen LogP contribution in [0.5, 0.6) is 0 Å². The monoisotopic (exact) mass is 275 g/mol. The molecule has 84 valence electrons. The molecule has 1 atom stereocenters. The standard InChI is InChI=1S/C11H15BrFNO/c1-3-15-7-8(2)14-11-5-4-9(13)6-10(11)12/h4-6,8,14H,3,7H2,1-2H3. The molecule has 0 spiro atoms. The number of nitrogens with one attached hydrogen (secondary N) is 1. The van der Waals surface area contributed by atoms with Crippen LogP contribution in [-0.2, 0) is 4.74 Å². The first-order valence-corrected chi connectivity index (χ1v) is 5.72. The molecule has 1 N–H and O–H groups in total. The third kappa shape index (κ3) is 4.18. The highest BCUT2D eigenvalue weighted by Gasteiger charge is 2.05. The van der Waals surface area contributed by atoms with Crippen molar-refractivity contribution < 1.29 is 9.13 Å². The van der Waals surface area contributed by atoms with Crippen LogP contribution in [-0.4, -0.2) is 19.3 Å². The molecule has 1 unspecified atom stereocenters. The Kier molecular flexibility index (Phi) is 5.05. The smallest absolute Gasteiger partial charge is 0.124 e. The van der Waals surface area contributed by atoms with Gasteiger partial charge >= 0.3 is 0 Å². The summed E-state index contributed by atoms with van der Waals surface area (Å²) in [5.41, 5.74) is 0.878. The molecule has 0 saturated carbocycles. The maximum Gasteiger partial charge on any atom is 0.124 e. The Bertz CT molecular complexity index is 319. The molecule has 1 rings (SSSR count). The van der Waals surface area contributed by atoms with Gasteiger partial charge in [0, 0.05) is 22.8 Å². The Balaban J connectivity index is 2.56. The summed E-state index contributed by atoms with van der Waals surface area (Å²) < 4.78 is 18.8. The van der Waals surface area contributed by atoms with Gasteiger partial charge in [-0.25, -0.2) is 4.39 Å². The maximum absolute atomic E-state index is 12.8. The van der Waals surface area contributed by atoms with E-state index in [1.54, 1.807) is 6.07 Å². The third-order valence-corrected chi connectivity index (χ3v) is 2.56. The summed E-state index contributed by atoms with van der Waals surface area (Å²) in [5.74, 6) is -0.245.